The van der Waals surface area contributed by atoms with Gasteiger partial charge >= 0.3 is 0 Å². The molecule has 0 aliphatic carbocycles. The summed E-state index contributed by atoms with van der Waals surface area (Å²) in [6, 6.07) is 13.3. The Labute approximate surface area is 187 Å². The second-order valence-electron chi connectivity index (χ2n) is 9.09. The largest absolute Gasteiger partial charge is 0.497 e. The molecular weight excluding hydrogens is 400 g/mol. The average molecular weight is 431 g/mol. The minimum Gasteiger partial charge on any atom is -0.497 e. The molecule has 6 rings (SSSR count). The molecule has 2 N–H and O–H groups in total. The monoisotopic (exact) mass is 430 g/mol. The molecule has 0 unspecified atom stereocenters. The molecule has 0 saturated carbocycles. The fraction of sp³-hybridized carbons (Fsp3) is 0.440. The van der Waals surface area contributed by atoms with Gasteiger partial charge < -0.3 is 19.5 Å². The van der Waals surface area contributed by atoms with Gasteiger partial charge in [-0.3, -0.25) is 5.10 Å². The van der Waals surface area contributed by atoms with Crippen molar-refractivity contribution in [2.45, 2.75) is 38.1 Å². The van der Waals surface area contributed by atoms with Crippen LogP contribution in [0.25, 0.3) is 33.5 Å². The molecule has 2 aromatic heterocycles. The number of nitrogens with one attached hydrogen (secondary N) is 2. The Kier molecular flexibility index (Phi) is 4.98. The smallest absolute Gasteiger partial charge is 0.159 e. The maximum Gasteiger partial charge on any atom is 0.159 e. The van der Waals surface area contributed by atoms with E-state index in [-0.39, 0.29) is 0 Å². The van der Waals surface area contributed by atoms with Crippen molar-refractivity contribution in [3.63, 3.8) is 0 Å². The van der Waals surface area contributed by atoms with E-state index >= 15 is 0 Å². The van der Waals surface area contributed by atoms with Crippen LogP contribution in [0.4, 0.5) is 5.69 Å². The average Bonchev–Trinajstić information content (AvgIpc) is 3.47. The van der Waals surface area contributed by atoms with Crippen LogP contribution < -0.4 is 9.64 Å². The number of rotatable bonds is 4. The highest BCUT2D eigenvalue weighted by molar-refractivity contribution is 5.94. The molecule has 0 radical (unpaired) electrons. The SMILES string of the molecule is COc1ccc2[nH]nc(-c3nc4ccc(N5CCC(N6CCCCC6)CC5)cc4[nH]3)c2c1. The maximum absolute atomic E-state index is 5.39. The molecule has 2 aliphatic rings. The second kappa shape index (κ2) is 8.13. The van der Waals surface area contributed by atoms with Crippen LogP contribution in [-0.2, 0) is 0 Å². The summed E-state index contributed by atoms with van der Waals surface area (Å²) >= 11 is 0. The number of likely N-dealkylation sites (tertiary alicyclic amines) is 1. The van der Waals surface area contributed by atoms with E-state index in [0.717, 1.165) is 58.3 Å². The number of nitrogens with zero attached hydrogens (tertiary/aromatic N) is 4. The van der Waals surface area contributed by atoms with Gasteiger partial charge in [0.25, 0.3) is 0 Å². The molecule has 2 fully saturated rings. The number of imidazole rings is 1. The number of hydrogen-bond donors (Lipinski definition) is 2. The van der Waals surface area contributed by atoms with Crippen LogP contribution in [0.15, 0.2) is 36.4 Å². The van der Waals surface area contributed by atoms with Gasteiger partial charge in [-0.2, -0.15) is 5.10 Å². The zero-order valence-corrected chi connectivity index (χ0v) is 18.6. The Hall–Kier alpha value is -3.06. The number of hydrogen-bond acceptors (Lipinski definition) is 5. The molecule has 0 spiro atoms. The number of fused-ring (bicyclic) bond motifs is 2. The van der Waals surface area contributed by atoms with Gasteiger partial charge in [-0.1, -0.05) is 6.42 Å². The highest BCUT2D eigenvalue weighted by atomic mass is 16.5. The predicted molar refractivity (Wildman–Crippen MR) is 128 cm³/mol. The van der Waals surface area contributed by atoms with E-state index in [0.29, 0.717) is 0 Å². The number of aromatic nitrogens is 4. The fourth-order valence-electron chi connectivity index (χ4n) is 5.38. The third-order valence-electron chi connectivity index (χ3n) is 7.20. The van der Waals surface area contributed by atoms with Crippen LogP contribution >= 0.6 is 0 Å². The van der Waals surface area contributed by atoms with Crippen LogP contribution in [0, 0.1) is 0 Å². The minimum absolute atomic E-state index is 0.763. The molecule has 4 aromatic rings. The Morgan fingerprint density at radius 1 is 0.938 bits per heavy atom. The summed E-state index contributed by atoms with van der Waals surface area (Å²) in [5.41, 5.74) is 5.08. The minimum atomic E-state index is 0.763. The summed E-state index contributed by atoms with van der Waals surface area (Å²) in [6.45, 7) is 4.83. The number of H-pyrrole nitrogens is 2. The number of piperidine rings is 2. The van der Waals surface area contributed by atoms with Crippen molar-refractivity contribution in [2.75, 3.05) is 38.2 Å². The van der Waals surface area contributed by atoms with Crippen molar-refractivity contribution in [1.29, 1.82) is 0 Å². The highest BCUT2D eigenvalue weighted by Gasteiger charge is 2.26. The lowest BCUT2D eigenvalue weighted by Gasteiger charge is -2.41. The predicted octanol–water partition coefficient (Wildman–Crippen LogP) is 4.57. The molecule has 7 heteroatoms. The second-order valence-corrected chi connectivity index (χ2v) is 9.09. The zero-order chi connectivity index (χ0) is 21.5. The van der Waals surface area contributed by atoms with Gasteiger partial charge in [0.1, 0.15) is 11.4 Å². The summed E-state index contributed by atoms with van der Waals surface area (Å²) < 4.78 is 5.39. The molecule has 2 saturated heterocycles. The quantitative estimate of drug-likeness (QED) is 0.496. The van der Waals surface area contributed by atoms with Gasteiger partial charge in [0.15, 0.2) is 5.82 Å². The van der Waals surface area contributed by atoms with Crippen LogP contribution in [0.3, 0.4) is 0 Å². The van der Waals surface area contributed by atoms with Crippen LogP contribution in [0.2, 0.25) is 0 Å². The van der Waals surface area contributed by atoms with Crippen molar-refractivity contribution in [3.8, 4) is 17.3 Å². The Balaban J connectivity index is 1.23. The van der Waals surface area contributed by atoms with Crippen molar-refractivity contribution >= 4 is 27.6 Å². The normalized spacial score (nSPS) is 18.6. The van der Waals surface area contributed by atoms with Crippen LogP contribution in [0.1, 0.15) is 32.1 Å². The van der Waals surface area contributed by atoms with Crippen molar-refractivity contribution < 1.29 is 4.74 Å². The van der Waals surface area contributed by atoms with Gasteiger partial charge in [0.05, 0.1) is 23.7 Å². The van der Waals surface area contributed by atoms with E-state index in [1.54, 1.807) is 7.11 Å². The molecule has 2 aliphatic heterocycles. The van der Waals surface area contributed by atoms with E-state index in [1.165, 1.54) is 50.9 Å². The maximum atomic E-state index is 5.39. The highest BCUT2D eigenvalue weighted by Crippen LogP contribution is 2.31. The number of anilines is 1. The lowest BCUT2D eigenvalue weighted by atomic mass is 9.99. The summed E-state index contributed by atoms with van der Waals surface area (Å²) in [5, 5.41) is 8.61. The lowest BCUT2D eigenvalue weighted by Crippen LogP contribution is -2.46. The first-order valence-corrected chi connectivity index (χ1v) is 11.8. The molecule has 0 bridgehead atoms. The Morgan fingerprint density at radius 3 is 2.59 bits per heavy atom. The number of aromatic amines is 2. The third kappa shape index (κ3) is 3.50. The number of methoxy groups -OCH3 is 1. The topological polar surface area (TPSA) is 73.1 Å². The molecule has 7 nitrogen and oxygen atoms in total. The fourth-order valence-corrected chi connectivity index (χ4v) is 5.38. The summed E-state index contributed by atoms with van der Waals surface area (Å²) in [6.07, 6.45) is 6.66. The van der Waals surface area contributed by atoms with Gasteiger partial charge in [-0.05, 0) is 75.2 Å². The molecular formula is C25H30N6O. The first-order valence-electron chi connectivity index (χ1n) is 11.8. The van der Waals surface area contributed by atoms with E-state index in [9.17, 15) is 0 Å². The van der Waals surface area contributed by atoms with E-state index in [4.69, 9.17) is 9.72 Å². The van der Waals surface area contributed by atoms with Crippen LogP contribution in [0.5, 0.6) is 5.75 Å². The standard InChI is InChI=1S/C25H30N6O/c1-32-19-6-8-21-20(16-19)24(29-28-21)25-26-22-7-5-18(15-23(22)27-25)31-13-9-17(10-14-31)30-11-3-2-4-12-30/h5-8,15-17H,2-4,9-14H2,1H3,(H,26,27)(H,28,29). The molecule has 166 valence electrons. The number of benzene rings is 2. The number of ether oxygens (including phenoxy) is 1. The van der Waals surface area contributed by atoms with E-state index in [1.807, 2.05) is 18.2 Å². The Bertz CT molecular complexity index is 1230. The van der Waals surface area contributed by atoms with Gasteiger partial charge in [0, 0.05) is 30.2 Å². The summed E-state index contributed by atoms with van der Waals surface area (Å²) in [7, 11) is 1.68. The van der Waals surface area contributed by atoms with Crippen molar-refractivity contribution in [1.82, 2.24) is 25.1 Å². The van der Waals surface area contributed by atoms with Gasteiger partial charge in [-0.25, -0.2) is 4.98 Å². The molecule has 2 aromatic carbocycles. The summed E-state index contributed by atoms with van der Waals surface area (Å²) in [5.74, 6) is 1.59. The van der Waals surface area contributed by atoms with Gasteiger partial charge in [-0.15, -0.1) is 0 Å². The zero-order valence-electron chi connectivity index (χ0n) is 18.6. The van der Waals surface area contributed by atoms with E-state index < -0.39 is 0 Å². The molecule has 4 heterocycles. The lowest BCUT2D eigenvalue weighted by molar-refractivity contribution is 0.141. The van der Waals surface area contributed by atoms with Gasteiger partial charge in [0.2, 0.25) is 0 Å². The van der Waals surface area contributed by atoms with Crippen molar-refractivity contribution in [3.05, 3.63) is 36.4 Å². The molecule has 0 amide bonds. The molecule has 0 atom stereocenters. The first kappa shape index (κ1) is 19.6. The molecule has 32 heavy (non-hydrogen) atoms. The Morgan fingerprint density at radius 2 is 1.78 bits per heavy atom. The third-order valence-corrected chi connectivity index (χ3v) is 7.20. The first-order chi connectivity index (χ1) is 15.8. The van der Waals surface area contributed by atoms with Crippen molar-refractivity contribution in [2.24, 2.45) is 0 Å². The summed E-state index contributed by atoms with van der Waals surface area (Å²) in [4.78, 5) is 13.6. The van der Waals surface area contributed by atoms with E-state index in [2.05, 4.69) is 43.2 Å². The van der Waals surface area contributed by atoms with Crippen LogP contribution in [-0.4, -0.2) is 64.4 Å².